The van der Waals surface area contributed by atoms with Crippen LogP contribution in [-0.4, -0.2) is 32.6 Å². The van der Waals surface area contributed by atoms with Gasteiger partial charge in [0.2, 0.25) is 5.91 Å². The number of benzene rings is 1. The lowest BCUT2D eigenvalue weighted by molar-refractivity contribution is -0.122. The monoisotopic (exact) mass is 451 g/mol. The maximum atomic E-state index is 13.6. The molecule has 1 aromatic rings. The van der Waals surface area contributed by atoms with Gasteiger partial charge in [0.25, 0.3) is 5.91 Å². The number of para-hydroxylation sites is 1. The van der Waals surface area contributed by atoms with Gasteiger partial charge in [-0.05, 0) is 37.2 Å². The molecule has 26 heavy (non-hydrogen) atoms. The molecule has 3 aliphatic heterocycles. The van der Waals surface area contributed by atoms with Crippen molar-refractivity contribution in [2.45, 2.75) is 55.4 Å². The van der Waals surface area contributed by atoms with Crippen molar-refractivity contribution < 1.29 is 9.59 Å². The third kappa shape index (κ3) is 1.88. The summed E-state index contributed by atoms with van der Waals surface area (Å²) in [6, 6.07) is 7.21. The van der Waals surface area contributed by atoms with Crippen LogP contribution in [0.5, 0.6) is 0 Å². The Morgan fingerprint density at radius 2 is 1.69 bits per heavy atom. The molecule has 0 saturated carbocycles. The number of rotatable bonds is 1. The second-order valence-electron chi connectivity index (χ2n) is 8.65. The first kappa shape index (κ1) is 18.6. The van der Waals surface area contributed by atoms with Crippen molar-refractivity contribution in [1.82, 2.24) is 0 Å². The summed E-state index contributed by atoms with van der Waals surface area (Å²) < 4.78 is -0.892. The number of amides is 2. The molecule has 0 unspecified atom stereocenters. The maximum Gasteiger partial charge on any atom is 0.252 e. The fourth-order valence-electron chi connectivity index (χ4n) is 5.25. The fraction of sp³-hybridized carbons (Fsp3) is 0.500. The smallest absolute Gasteiger partial charge is 0.252 e. The molecule has 2 saturated heterocycles. The van der Waals surface area contributed by atoms with Gasteiger partial charge in [-0.2, -0.15) is 0 Å². The van der Waals surface area contributed by atoms with Gasteiger partial charge in [-0.1, -0.05) is 77.9 Å². The van der Waals surface area contributed by atoms with E-state index in [1.165, 1.54) is 16.0 Å². The minimum Gasteiger partial charge on any atom is -0.274 e. The van der Waals surface area contributed by atoms with E-state index in [1.807, 2.05) is 30.3 Å². The summed E-state index contributed by atoms with van der Waals surface area (Å²) >= 11 is 10.2. The van der Waals surface area contributed by atoms with Crippen LogP contribution in [0, 0.1) is 5.92 Å². The van der Waals surface area contributed by atoms with Crippen LogP contribution in [-0.2, 0) is 21.4 Å². The summed E-state index contributed by atoms with van der Waals surface area (Å²) in [5.41, 5.74) is 3.06. The number of carbonyl (C=O) groups excluding carboxylic acids is 2. The van der Waals surface area contributed by atoms with E-state index in [0.29, 0.717) is 5.69 Å². The lowest BCUT2D eigenvalue weighted by atomic mass is 9.78. The molecule has 3 nitrogen and oxygen atoms in total. The van der Waals surface area contributed by atoms with Crippen molar-refractivity contribution in [2.24, 2.45) is 5.92 Å². The lowest BCUT2D eigenvalue weighted by Crippen LogP contribution is -2.46. The first-order chi connectivity index (χ1) is 12.0. The summed E-state index contributed by atoms with van der Waals surface area (Å²) in [6.45, 7) is 10.8. The number of carbonyl (C=O) groups is 2. The Balaban J connectivity index is 1.93. The minimum atomic E-state index is -2.03. The Hall–Kier alpha value is -0.770. The average Bonchev–Trinajstić information content (AvgIpc) is 2.99. The fourth-order valence-corrected chi connectivity index (χ4v) is 14.7. The number of anilines is 1. The van der Waals surface area contributed by atoms with Gasteiger partial charge in [-0.3, -0.25) is 9.59 Å². The highest BCUT2D eigenvalue weighted by Gasteiger charge is 2.78. The molecule has 0 radical (unpaired) electrons. The third-order valence-corrected chi connectivity index (χ3v) is 16.3. The number of imide groups is 1. The van der Waals surface area contributed by atoms with Crippen LogP contribution in [0.1, 0.15) is 34.6 Å². The Labute approximate surface area is 168 Å². The van der Waals surface area contributed by atoms with Crippen LogP contribution < -0.4 is 4.90 Å². The molecule has 138 valence electrons. The first-order valence-corrected chi connectivity index (χ1v) is 12.6. The number of fused-ring (bicyclic) bond motifs is 5. The molecule has 5 atom stereocenters. The summed E-state index contributed by atoms with van der Waals surface area (Å²) in [7, 11) is 0. The summed E-state index contributed by atoms with van der Waals surface area (Å²) in [5, 5.41) is -0.0973. The molecule has 0 aromatic heterocycles. The van der Waals surface area contributed by atoms with E-state index in [1.54, 1.807) is 0 Å². The van der Waals surface area contributed by atoms with E-state index in [9.17, 15) is 9.59 Å². The zero-order valence-corrected chi connectivity index (χ0v) is 18.9. The van der Waals surface area contributed by atoms with Crippen molar-refractivity contribution in [3.8, 4) is 0 Å². The number of allylic oxidation sites excluding steroid dienone is 2. The molecule has 0 spiro atoms. The normalized spacial score (nSPS) is 39.2. The summed E-state index contributed by atoms with van der Waals surface area (Å²) in [6.07, 6.45) is 0. The van der Waals surface area contributed by atoms with Gasteiger partial charge in [-0.15, -0.1) is 0 Å². The molecule has 2 bridgehead atoms. The van der Waals surface area contributed by atoms with Crippen LogP contribution in [0.4, 0.5) is 5.69 Å². The van der Waals surface area contributed by atoms with E-state index in [2.05, 4.69) is 50.5 Å². The van der Waals surface area contributed by atoms with Crippen molar-refractivity contribution in [3.63, 3.8) is 0 Å². The zero-order chi connectivity index (χ0) is 19.2. The van der Waals surface area contributed by atoms with Crippen LogP contribution >= 0.6 is 22.0 Å². The molecular weight excluding hydrogens is 429 g/mol. The summed E-state index contributed by atoms with van der Waals surface area (Å²) in [4.78, 5) is 28.4. The maximum absolute atomic E-state index is 13.6. The topological polar surface area (TPSA) is 37.4 Å². The highest BCUT2D eigenvalue weighted by atomic mass is 79.9. The predicted octanol–water partition coefficient (Wildman–Crippen LogP) is 4.69. The molecule has 2 amide bonds. The quantitative estimate of drug-likeness (QED) is 0.269. The SMILES string of the molecule is CC1=C(C)[C@H]2[C@@]3(Br)C(=O)N(c4ccccc4)C(=O)[C@H]3[C@@H]1[P@@]2(=S)C(C)(C)C. The molecule has 3 aliphatic rings. The van der Waals surface area contributed by atoms with E-state index in [-0.39, 0.29) is 28.3 Å². The molecule has 1 aromatic carbocycles. The van der Waals surface area contributed by atoms with Gasteiger partial charge in [-0.25, -0.2) is 4.90 Å². The molecule has 0 N–H and O–H groups in total. The molecule has 3 heterocycles. The van der Waals surface area contributed by atoms with Gasteiger partial charge in [0, 0.05) is 11.3 Å². The number of nitrogens with zero attached hydrogens (tertiary/aromatic N) is 1. The van der Waals surface area contributed by atoms with Gasteiger partial charge in [0.05, 0.1) is 11.6 Å². The highest BCUT2D eigenvalue weighted by molar-refractivity contribution is 9.10. The first-order valence-electron chi connectivity index (χ1n) is 8.88. The van der Waals surface area contributed by atoms with Crippen LogP contribution in [0.25, 0.3) is 0 Å². The average molecular weight is 452 g/mol. The number of hydrogen-bond acceptors (Lipinski definition) is 3. The second kappa shape index (κ2) is 5.40. The molecule has 2 fully saturated rings. The second-order valence-corrected chi connectivity index (χ2v) is 15.6. The van der Waals surface area contributed by atoms with E-state index in [4.69, 9.17) is 11.8 Å². The van der Waals surface area contributed by atoms with E-state index >= 15 is 0 Å². The van der Waals surface area contributed by atoms with Crippen molar-refractivity contribution in [3.05, 3.63) is 41.5 Å². The minimum absolute atomic E-state index is 0.00652. The van der Waals surface area contributed by atoms with Crippen LogP contribution in [0.2, 0.25) is 0 Å². The Bertz CT molecular complexity index is 919. The van der Waals surface area contributed by atoms with Gasteiger partial charge in [0.1, 0.15) is 4.32 Å². The van der Waals surface area contributed by atoms with Gasteiger partial charge in [0.15, 0.2) is 0 Å². The number of alkyl halides is 1. The van der Waals surface area contributed by atoms with Crippen molar-refractivity contribution in [1.29, 1.82) is 0 Å². The Kier molecular flexibility index (Phi) is 3.86. The lowest BCUT2D eigenvalue weighted by Gasteiger charge is -2.39. The third-order valence-electron chi connectivity index (χ3n) is 6.52. The number of halogens is 1. The summed E-state index contributed by atoms with van der Waals surface area (Å²) in [5.74, 6) is -0.638. The molecule has 4 rings (SSSR count). The Morgan fingerprint density at radius 1 is 1.12 bits per heavy atom. The van der Waals surface area contributed by atoms with E-state index in [0.717, 1.165) is 0 Å². The standard InChI is InChI=1S/C20H23BrNO2PS/c1-11-12(2)16-20(21)14(15(11)25(16,26)19(3,4)5)17(23)22(18(20)24)13-9-7-6-8-10-13/h6-10,14-16H,1-5H3/t14-,15-,16+,20-,25+/m1/s1. The van der Waals surface area contributed by atoms with Gasteiger partial charge >= 0.3 is 0 Å². The highest BCUT2D eigenvalue weighted by Crippen LogP contribution is 2.84. The number of hydrogen-bond donors (Lipinski definition) is 0. The zero-order valence-electron chi connectivity index (χ0n) is 15.6. The van der Waals surface area contributed by atoms with Crippen LogP contribution in [0.3, 0.4) is 0 Å². The molecule has 0 aliphatic carbocycles. The predicted molar refractivity (Wildman–Crippen MR) is 114 cm³/mol. The Morgan fingerprint density at radius 3 is 2.23 bits per heavy atom. The van der Waals surface area contributed by atoms with Crippen molar-refractivity contribution >= 4 is 51.3 Å². The van der Waals surface area contributed by atoms with E-state index < -0.39 is 16.3 Å². The molecule has 6 heteroatoms. The van der Waals surface area contributed by atoms with Gasteiger partial charge < -0.3 is 0 Å². The molecular formula is C20H23BrNO2PS. The largest absolute Gasteiger partial charge is 0.274 e. The van der Waals surface area contributed by atoms with Crippen LogP contribution in [0.15, 0.2) is 41.5 Å². The van der Waals surface area contributed by atoms with Crippen molar-refractivity contribution in [2.75, 3.05) is 4.90 Å².